The highest BCUT2D eigenvalue weighted by Gasteiger charge is 2.47. The summed E-state index contributed by atoms with van der Waals surface area (Å²) in [6.07, 6.45) is 3.17. The van der Waals surface area contributed by atoms with Crippen LogP contribution in [0.4, 0.5) is 5.69 Å². The molecular formula is C26H23ClN2O4. The van der Waals surface area contributed by atoms with Crippen LogP contribution in [-0.2, 0) is 9.59 Å². The van der Waals surface area contributed by atoms with Crippen molar-refractivity contribution < 1.29 is 19.4 Å². The van der Waals surface area contributed by atoms with Gasteiger partial charge in [-0.05, 0) is 80.4 Å². The molecule has 7 heteroatoms. The summed E-state index contributed by atoms with van der Waals surface area (Å²) in [4.78, 5) is 31.9. The Morgan fingerprint density at radius 1 is 1.06 bits per heavy atom. The number of pyridine rings is 1. The summed E-state index contributed by atoms with van der Waals surface area (Å²) in [5.41, 5.74) is 2.22. The van der Waals surface area contributed by atoms with Gasteiger partial charge in [0.2, 0.25) is 0 Å². The fourth-order valence-electron chi connectivity index (χ4n) is 3.92. The van der Waals surface area contributed by atoms with E-state index in [1.807, 2.05) is 13.8 Å². The molecule has 3 aromatic rings. The van der Waals surface area contributed by atoms with Gasteiger partial charge in [-0.3, -0.25) is 19.5 Å². The third kappa shape index (κ3) is 4.22. The molecule has 1 aromatic heterocycles. The van der Waals surface area contributed by atoms with Crippen LogP contribution in [0, 0.1) is 6.92 Å². The van der Waals surface area contributed by atoms with Crippen LogP contribution in [0.2, 0.25) is 5.02 Å². The smallest absolute Gasteiger partial charge is 0.300 e. The van der Waals surface area contributed by atoms with Crippen molar-refractivity contribution in [3.63, 3.8) is 0 Å². The van der Waals surface area contributed by atoms with Crippen molar-refractivity contribution in [1.82, 2.24) is 4.98 Å². The molecule has 1 amide bonds. The molecule has 2 heterocycles. The Morgan fingerprint density at radius 2 is 1.73 bits per heavy atom. The number of aromatic nitrogens is 1. The van der Waals surface area contributed by atoms with Gasteiger partial charge >= 0.3 is 0 Å². The van der Waals surface area contributed by atoms with E-state index in [2.05, 4.69) is 4.98 Å². The summed E-state index contributed by atoms with van der Waals surface area (Å²) < 4.78 is 5.66. The molecule has 0 saturated carbocycles. The van der Waals surface area contributed by atoms with Crippen LogP contribution in [0.25, 0.3) is 5.76 Å². The molecule has 1 saturated heterocycles. The summed E-state index contributed by atoms with van der Waals surface area (Å²) >= 11 is 6.31. The molecule has 0 spiro atoms. The third-order valence-electron chi connectivity index (χ3n) is 5.46. The van der Waals surface area contributed by atoms with Crippen LogP contribution >= 0.6 is 11.6 Å². The molecular weight excluding hydrogens is 440 g/mol. The summed E-state index contributed by atoms with van der Waals surface area (Å²) in [7, 11) is 0. The quantitative estimate of drug-likeness (QED) is 0.309. The molecule has 6 nitrogen and oxygen atoms in total. The van der Waals surface area contributed by atoms with E-state index in [1.165, 1.54) is 4.90 Å². The van der Waals surface area contributed by atoms with Crippen molar-refractivity contribution in [1.29, 1.82) is 0 Å². The first-order valence-electron chi connectivity index (χ1n) is 10.5. The lowest BCUT2D eigenvalue weighted by atomic mass is 9.95. The van der Waals surface area contributed by atoms with Gasteiger partial charge in [0, 0.05) is 28.7 Å². The Hall–Kier alpha value is -3.64. The van der Waals surface area contributed by atoms with Crippen molar-refractivity contribution in [2.45, 2.75) is 32.9 Å². The topological polar surface area (TPSA) is 79.7 Å². The number of nitrogens with zero attached hydrogens (tertiary/aromatic N) is 2. The Balaban J connectivity index is 1.88. The second kappa shape index (κ2) is 9.08. The van der Waals surface area contributed by atoms with Gasteiger partial charge in [0.15, 0.2) is 0 Å². The van der Waals surface area contributed by atoms with Crippen LogP contribution in [0.3, 0.4) is 0 Å². The van der Waals surface area contributed by atoms with Crippen LogP contribution in [0.15, 0.2) is 72.6 Å². The van der Waals surface area contributed by atoms with Crippen LogP contribution in [-0.4, -0.2) is 27.9 Å². The van der Waals surface area contributed by atoms with E-state index in [0.717, 1.165) is 0 Å². The maximum Gasteiger partial charge on any atom is 0.300 e. The predicted molar refractivity (Wildman–Crippen MR) is 127 cm³/mol. The fourth-order valence-corrected chi connectivity index (χ4v) is 4.09. The average Bonchev–Trinajstić information content (AvgIpc) is 3.06. The molecule has 1 aliphatic rings. The lowest BCUT2D eigenvalue weighted by molar-refractivity contribution is -0.132. The number of aliphatic hydroxyl groups excluding tert-OH is 1. The summed E-state index contributed by atoms with van der Waals surface area (Å²) in [5.74, 6) is -1.12. The van der Waals surface area contributed by atoms with Gasteiger partial charge in [-0.15, -0.1) is 0 Å². The summed E-state index contributed by atoms with van der Waals surface area (Å²) in [5, 5.41) is 11.7. The van der Waals surface area contributed by atoms with Crippen molar-refractivity contribution in [2.24, 2.45) is 0 Å². The molecule has 1 N–H and O–H groups in total. The first kappa shape index (κ1) is 22.6. The van der Waals surface area contributed by atoms with Gasteiger partial charge in [0.1, 0.15) is 11.5 Å². The molecule has 1 unspecified atom stereocenters. The minimum Gasteiger partial charge on any atom is -0.507 e. The minimum absolute atomic E-state index is 0.00222. The van der Waals surface area contributed by atoms with Crippen LogP contribution in [0.1, 0.15) is 36.6 Å². The molecule has 1 atom stereocenters. The number of hydrogen-bond donors (Lipinski definition) is 1. The molecule has 4 rings (SSSR count). The maximum absolute atomic E-state index is 13.2. The maximum atomic E-state index is 13.2. The number of carbonyl (C=O) groups excluding carboxylic acids is 2. The Labute approximate surface area is 197 Å². The van der Waals surface area contributed by atoms with Crippen molar-refractivity contribution >= 4 is 34.7 Å². The average molecular weight is 463 g/mol. The molecule has 168 valence electrons. The molecule has 0 radical (unpaired) electrons. The zero-order valence-corrected chi connectivity index (χ0v) is 19.2. The number of ether oxygens (including phenoxy) is 1. The van der Waals surface area contributed by atoms with Gasteiger partial charge in [-0.2, -0.15) is 0 Å². The first-order chi connectivity index (χ1) is 15.8. The second-order valence-corrected chi connectivity index (χ2v) is 8.43. The number of anilines is 1. The van der Waals surface area contributed by atoms with Crippen molar-refractivity contribution in [3.05, 3.63) is 94.3 Å². The number of carbonyl (C=O) groups is 2. The van der Waals surface area contributed by atoms with E-state index >= 15 is 0 Å². The molecule has 33 heavy (non-hydrogen) atoms. The number of benzene rings is 2. The lowest BCUT2D eigenvalue weighted by Gasteiger charge is -2.27. The third-order valence-corrected chi connectivity index (χ3v) is 5.87. The monoisotopic (exact) mass is 462 g/mol. The van der Waals surface area contributed by atoms with Gasteiger partial charge in [0.25, 0.3) is 11.7 Å². The highest BCUT2D eigenvalue weighted by molar-refractivity contribution is 6.52. The first-order valence-corrected chi connectivity index (χ1v) is 10.9. The van der Waals surface area contributed by atoms with Gasteiger partial charge in [-0.1, -0.05) is 17.7 Å². The lowest BCUT2D eigenvalue weighted by Crippen LogP contribution is -2.30. The number of amides is 1. The Kier molecular flexibility index (Phi) is 6.20. The molecule has 2 aromatic carbocycles. The highest BCUT2D eigenvalue weighted by atomic mass is 35.5. The SMILES string of the molecule is Cc1c(Cl)cccc1N1C(=O)C(=O)/C(=C(/O)c2ccc(OC(C)C)cc2)C1c1ccncc1. The summed E-state index contributed by atoms with van der Waals surface area (Å²) in [6.45, 7) is 5.62. The number of rotatable bonds is 5. The Morgan fingerprint density at radius 3 is 2.36 bits per heavy atom. The largest absolute Gasteiger partial charge is 0.507 e. The van der Waals surface area contributed by atoms with E-state index in [1.54, 1.807) is 73.9 Å². The number of Topliss-reactive ketones (excluding diaryl/α,β-unsaturated/α-hetero) is 1. The zero-order chi connectivity index (χ0) is 23.7. The fraction of sp³-hybridized carbons (Fsp3) is 0.192. The molecule has 1 fully saturated rings. The van der Waals surface area contributed by atoms with Crippen LogP contribution in [0.5, 0.6) is 5.75 Å². The van der Waals surface area contributed by atoms with E-state index in [9.17, 15) is 14.7 Å². The predicted octanol–water partition coefficient (Wildman–Crippen LogP) is 5.46. The number of hydrogen-bond acceptors (Lipinski definition) is 5. The normalized spacial score (nSPS) is 17.6. The minimum atomic E-state index is -0.836. The van der Waals surface area contributed by atoms with Gasteiger partial charge in [0.05, 0.1) is 17.7 Å². The van der Waals surface area contributed by atoms with E-state index in [-0.39, 0.29) is 17.4 Å². The zero-order valence-electron chi connectivity index (χ0n) is 18.4. The van der Waals surface area contributed by atoms with Gasteiger partial charge in [-0.25, -0.2) is 0 Å². The molecule has 1 aliphatic heterocycles. The number of halogens is 1. The molecule has 0 aliphatic carbocycles. The van der Waals surface area contributed by atoms with Gasteiger partial charge < -0.3 is 9.84 Å². The Bertz CT molecular complexity index is 1240. The highest BCUT2D eigenvalue weighted by Crippen LogP contribution is 2.43. The van der Waals surface area contributed by atoms with Crippen LogP contribution < -0.4 is 9.64 Å². The van der Waals surface area contributed by atoms with E-state index < -0.39 is 17.7 Å². The number of aliphatic hydroxyl groups is 1. The molecule has 0 bridgehead atoms. The summed E-state index contributed by atoms with van der Waals surface area (Å²) in [6, 6.07) is 14.5. The van der Waals surface area contributed by atoms with Crippen molar-refractivity contribution in [2.75, 3.05) is 4.90 Å². The van der Waals surface area contributed by atoms with E-state index in [0.29, 0.717) is 33.1 Å². The van der Waals surface area contributed by atoms with Crippen molar-refractivity contribution in [3.8, 4) is 5.75 Å². The standard InChI is InChI=1S/C26H23ClN2O4/c1-15(2)33-19-9-7-18(8-10-19)24(30)22-23(17-11-13-28-14-12-17)29(26(32)25(22)31)21-6-4-5-20(27)16(21)3/h4-15,23,30H,1-3H3/b24-22+. The number of ketones is 1. The second-order valence-electron chi connectivity index (χ2n) is 8.02. The van der Waals surface area contributed by atoms with E-state index in [4.69, 9.17) is 16.3 Å².